The molecule has 19 heavy (non-hydrogen) atoms. The van der Waals surface area contributed by atoms with Crippen LogP contribution in [0.15, 0.2) is 18.2 Å². The highest BCUT2D eigenvalue weighted by Gasteiger charge is 2.31. The average molecular weight is 262 g/mol. The molecule has 104 valence electrons. The quantitative estimate of drug-likeness (QED) is 0.834. The summed E-state index contributed by atoms with van der Waals surface area (Å²) in [5.74, 6) is 0.711. The van der Waals surface area contributed by atoms with Crippen molar-refractivity contribution in [3.05, 3.63) is 18.2 Å². The highest BCUT2D eigenvalue weighted by molar-refractivity contribution is 6.00. The first-order valence-corrected chi connectivity index (χ1v) is 6.65. The third-order valence-electron chi connectivity index (χ3n) is 3.28. The second kappa shape index (κ2) is 4.76. The van der Waals surface area contributed by atoms with E-state index in [1.807, 2.05) is 11.0 Å². The number of nitrogen functional groups attached to an aromatic ring is 1. The third kappa shape index (κ3) is 3.00. The summed E-state index contributed by atoms with van der Waals surface area (Å²) < 4.78 is 5.62. The average Bonchev–Trinajstić information content (AvgIpc) is 2.28. The maximum atomic E-state index is 12.3. The number of rotatable bonds is 2. The van der Waals surface area contributed by atoms with Gasteiger partial charge in [0.1, 0.15) is 5.75 Å². The van der Waals surface area contributed by atoms with Crippen molar-refractivity contribution in [3.63, 3.8) is 0 Å². The summed E-state index contributed by atoms with van der Waals surface area (Å²) in [4.78, 5) is 14.1. The minimum absolute atomic E-state index is 0.0153. The van der Waals surface area contributed by atoms with Crippen LogP contribution in [0, 0.1) is 5.41 Å². The number of nitrogens with two attached hydrogens (primary N) is 1. The van der Waals surface area contributed by atoms with Gasteiger partial charge in [0.05, 0.1) is 5.69 Å². The number of hydrogen-bond donors (Lipinski definition) is 1. The van der Waals surface area contributed by atoms with Crippen LogP contribution in [0.2, 0.25) is 0 Å². The SMILES string of the molecule is CC1Oc2cc(N)ccc2N(CCC(C)(C)C)C1=O. The van der Waals surface area contributed by atoms with E-state index in [0.717, 1.165) is 12.1 Å². The van der Waals surface area contributed by atoms with Crippen molar-refractivity contribution in [1.82, 2.24) is 0 Å². The molecule has 1 amide bonds. The lowest BCUT2D eigenvalue weighted by Crippen LogP contribution is -2.45. The zero-order chi connectivity index (χ0) is 14.2. The van der Waals surface area contributed by atoms with Crippen molar-refractivity contribution in [2.45, 2.75) is 40.2 Å². The Kier molecular flexibility index (Phi) is 3.43. The molecule has 0 aliphatic carbocycles. The van der Waals surface area contributed by atoms with E-state index in [2.05, 4.69) is 20.8 Å². The fourth-order valence-corrected chi connectivity index (χ4v) is 2.10. The Hall–Kier alpha value is -1.71. The monoisotopic (exact) mass is 262 g/mol. The van der Waals surface area contributed by atoms with Crippen LogP contribution in [-0.4, -0.2) is 18.6 Å². The highest BCUT2D eigenvalue weighted by Crippen LogP contribution is 2.36. The lowest BCUT2D eigenvalue weighted by atomic mass is 9.92. The molecule has 1 atom stereocenters. The Morgan fingerprint density at radius 1 is 1.37 bits per heavy atom. The predicted octanol–water partition coefficient (Wildman–Crippen LogP) is 2.82. The second-order valence-electron chi connectivity index (χ2n) is 6.29. The predicted molar refractivity (Wildman–Crippen MR) is 77.4 cm³/mol. The van der Waals surface area contributed by atoms with E-state index < -0.39 is 6.10 Å². The molecule has 4 heteroatoms. The Labute approximate surface area is 114 Å². The number of benzene rings is 1. The number of carbonyl (C=O) groups is 1. The van der Waals surface area contributed by atoms with Gasteiger partial charge in [0.15, 0.2) is 6.10 Å². The molecule has 1 unspecified atom stereocenters. The van der Waals surface area contributed by atoms with Gasteiger partial charge in [-0.05, 0) is 30.9 Å². The summed E-state index contributed by atoms with van der Waals surface area (Å²) in [7, 11) is 0. The van der Waals surface area contributed by atoms with Crippen LogP contribution >= 0.6 is 0 Å². The Balaban J connectivity index is 2.29. The molecule has 1 aromatic rings. The molecule has 0 saturated carbocycles. The maximum Gasteiger partial charge on any atom is 0.267 e. The van der Waals surface area contributed by atoms with Gasteiger partial charge in [-0.3, -0.25) is 4.79 Å². The molecule has 0 fully saturated rings. The zero-order valence-electron chi connectivity index (χ0n) is 12.1. The number of ether oxygens (including phenoxy) is 1. The normalized spacial score (nSPS) is 19.1. The number of amides is 1. The van der Waals surface area contributed by atoms with Crippen molar-refractivity contribution in [2.24, 2.45) is 5.41 Å². The smallest absolute Gasteiger partial charge is 0.267 e. The molecule has 4 nitrogen and oxygen atoms in total. The van der Waals surface area contributed by atoms with Gasteiger partial charge in [0.2, 0.25) is 0 Å². The van der Waals surface area contributed by atoms with Gasteiger partial charge in [-0.25, -0.2) is 0 Å². The van der Waals surface area contributed by atoms with Crippen LogP contribution in [0.1, 0.15) is 34.1 Å². The van der Waals surface area contributed by atoms with Crippen LogP contribution in [0.5, 0.6) is 5.75 Å². The maximum absolute atomic E-state index is 12.3. The van der Waals surface area contributed by atoms with Gasteiger partial charge in [-0.1, -0.05) is 20.8 Å². The van der Waals surface area contributed by atoms with Crippen molar-refractivity contribution in [1.29, 1.82) is 0 Å². The first kappa shape index (κ1) is 13.7. The largest absolute Gasteiger partial charge is 0.479 e. The van der Waals surface area contributed by atoms with E-state index in [1.165, 1.54) is 0 Å². The number of hydrogen-bond acceptors (Lipinski definition) is 3. The molecule has 2 N–H and O–H groups in total. The lowest BCUT2D eigenvalue weighted by molar-refractivity contribution is -0.125. The minimum Gasteiger partial charge on any atom is -0.479 e. The molecule has 0 spiro atoms. The molecular formula is C15H22N2O2. The number of carbonyl (C=O) groups excluding carboxylic acids is 1. The summed E-state index contributed by atoms with van der Waals surface area (Å²) in [6, 6.07) is 5.44. The fourth-order valence-electron chi connectivity index (χ4n) is 2.10. The first-order chi connectivity index (χ1) is 8.78. The van der Waals surface area contributed by atoms with Crippen LogP contribution < -0.4 is 15.4 Å². The summed E-state index contributed by atoms with van der Waals surface area (Å²) in [6.45, 7) is 8.99. The van der Waals surface area contributed by atoms with Gasteiger partial charge >= 0.3 is 0 Å². The Morgan fingerprint density at radius 2 is 2.05 bits per heavy atom. The summed E-state index contributed by atoms with van der Waals surface area (Å²) in [5.41, 5.74) is 7.43. The molecule has 0 radical (unpaired) electrons. The second-order valence-corrected chi connectivity index (χ2v) is 6.29. The van der Waals surface area contributed by atoms with E-state index >= 15 is 0 Å². The molecule has 1 aliphatic rings. The van der Waals surface area contributed by atoms with E-state index in [0.29, 0.717) is 18.0 Å². The van der Waals surface area contributed by atoms with Gasteiger partial charge < -0.3 is 15.4 Å². The van der Waals surface area contributed by atoms with Crippen LogP contribution in [0.3, 0.4) is 0 Å². The van der Waals surface area contributed by atoms with Crippen molar-refractivity contribution >= 4 is 17.3 Å². The van der Waals surface area contributed by atoms with E-state index in [-0.39, 0.29) is 11.3 Å². The third-order valence-corrected chi connectivity index (χ3v) is 3.28. The molecule has 2 rings (SSSR count). The van der Waals surface area contributed by atoms with Crippen LogP contribution in [-0.2, 0) is 4.79 Å². The number of anilines is 2. The molecule has 0 saturated heterocycles. The first-order valence-electron chi connectivity index (χ1n) is 6.65. The Bertz CT molecular complexity index is 491. The molecule has 1 aromatic carbocycles. The van der Waals surface area contributed by atoms with Crippen molar-refractivity contribution in [2.75, 3.05) is 17.2 Å². The standard InChI is InChI=1S/C15H22N2O2/c1-10-14(18)17(8-7-15(2,3)4)12-6-5-11(16)9-13(12)19-10/h5-6,9-10H,7-8,16H2,1-4H3. The van der Waals surface area contributed by atoms with E-state index in [4.69, 9.17) is 10.5 Å². The van der Waals surface area contributed by atoms with Crippen LogP contribution in [0.25, 0.3) is 0 Å². The molecule has 1 aliphatic heterocycles. The minimum atomic E-state index is -0.450. The van der Waals surface area contributed by atoms with E-state index in [9.17, 15) is 4.79 Å². The van der Waals surface area contributed by atoms with Gasteiger partial charge in [0.25, 0.3) is 5.91 Å². The Morgan fingerprint density at radius 3 is 2.68 bits per heavy atom. The van der Waals surface area contributed by atoms with Gasteiger partial charge in [0, 0.05) is 18.3 Å². The topological polar surface area (TPSA) is 55.6 Å². The zero-order valence-corrected chi connectivity index (χ0v) is 12.1. The number of fused-ring (bicyclic) bond motifs is 1. The fraction of sp³-hybridized carbons (Fsp3) is 0.533. The van der Waals surface area contributed by atoms with Crippen LogP contribution in [0.4, 0.5) is 11.4 Å². The molecule has 0 bridgehead atoms. The molecular weight excluding hydrogens is 240 g/mol. The van der Waals surface area contributed by atoms with Gasteiger partial charge in [-0.2, -0.15) is 0 Å². The number of nitrogens with zero attached hydrogens (tertiary/aromatic N) is 1. The molecule has 1 heterocycles. The molecule has 0 aromatic heterocycles. The highest BCUT2D eigenvalue weighted by atomic mass is 16.5. The van der Waals surface area contributed by atoms with Crippen molar-refractivity contribution in [3.8, 4) is 5.75 Å². The summed E-state index contributed by atoms with van der Waals surface area (Å²) in [5, 5.41) is 0. The summed E-state index contributed by atoms with van der Waals surface area (Å²) >= 11 is 0. The van der Waals surface area contributed by atoms with Crippen molar-refractivity contribution < 1.29 is 9.53 Å². The summed E-state index contributed by atoms with van der Waals surface area (Å²) in [6.07, 6.45) is 0.490. The lowest BCUT2D eigenvalue weighted by Gasteiger charge is -2.34. The van der Waals surface area contributed by atoms with E-state index in [1.54, 1.807) is 19.1 Å². The van der Waals surface area contributed by atoms with Gasteiger partial charge in [-0.15, -0.1) is 0 Å².